The van der Waals surface area contributed by atoms with E-state index in [1.165, 1.54) is 24.1 Å². The number of hydrogen-bond donors (Lipinski definition) is 1. The zero-order valence-corrected chi connectivity index (χ0v) is 8.92. The fourth-order valence-electron chi connectivity index (χ4n) is 1.24. The van der Waals surface area contributed by atoms with E-state index in [-0.39, 0.29) is 18.8 Å². The summed E-state index contributed by atoms with van der Waals surface area (Å²) in [5.41, 5.74) is 0.810. The quantitative estimate of drug-likeness (QED) is 0.778. The van der Waals surface area contributed by atoms with Crippen molar-refractivity contribution in [1.29, 1.82) is 0 Å². The summed E-state index contributed by atoms with van der Waals surface area (Å²) in [6, 6.07) is 6.39. The summed E-state index contributed by atoms with van der Waals surface area (Å²) in [7, 11) is 1.26. The summed E-state index contributed by atoms with van der Waals surface area (Å²) in [5.74, 6) is 0.156. The second-order valence-electron chi connectivity index (χ2n) is 3.18. The third-order valence-corrected chi connectivity index (χ3v) is 2.04. The molecule has 0 aromatic heterocycles. The lowest BCUT2D eigenvalue weighted by Gasteiger charge is -2.18. The van der Waals surface area contributed by atoms with E-state index >= 15 is 0 Å². The van der Waals surface area contributed by atoms with Gasteiger partial charge in [-0.1, -0.05) is 12.1 Å². The Labute approximate surface area is 93.2 Å². The van der Waals surface area contributed by atoms with Gasteiger partial charge >= 0.3 is 6.09 Å². The van der Waals surface area contributed by atoms with Crippen LogP contribution < -0.4 is 0 Å². The third-order valence-electron chi connectivity index (χ3n) is 2.04. The molecule has 0 unspecified atom stereocenters. The van der Waals surface area contributed by atoms with Gasteiger partial charge in [0.15, 0.2) is 0 Å². The van der Waals surface area contributed by atoms with Gasteiger partial charge in [0.05, 0.1) is 13.7 Å². The fraction of sp³-hybridized carbons (Fsp3) is 0.273. The fourth-order valence-corrected chi connectivity index (χ4v) is 1.24. The minimum Gasteiger partial charge on any atom is -0.508 e. The molecule has 0 saturated carbocycles. The lowest BCUT2D eigenvalue weighted by atomic mass is 10.2. The topological polar surface area (TPSA) is 66.8 Å². The Morgan fingerprint density at radius 2 is 2.06 bits per heavy atom. The normalized spacial score (nSPS) is 9.56. The van der Waals surface area contributed by atoms with Crippen LogP contribution in [0, 0.1) is 0 Å². The van der Waals surface area contributed by atoms with E-state index in [1.54, 1.807) is 12.1 Å². The van der Waals surface area contributed by atoms with E-state index in [0.29, 0.717) is 6.29 Å². The van der Waals surface area contributed by atoms with Gasteiger partial charge in [0, 0.05) is 6.54 Å². The Balaban J connectivity index is 2.71. The number of benzene rings is 1. The molecule has 5 nitrogen and oxygen atoms in total. The van der Waals surface area contributed by atoms with Crippen LogP contribution in [0.5, 0.6) is 5.75 Å². The molecule has 1 amide bonds. The van der Waals surface area contributed by atoms with Gasteiger partial charge in [-0.25, -0.2) is 4.79 Å². The summed E-state index contributed by atoms with van der Waals surface area (Å²) in [5, 5.41) is 9.09. The highest BCUT2D eigenvalue weighted by Gasteiger charge is 2.13. The summed E-state index contributed by atoms with van der Waals surface area (Å²) in [4.78, 5) is 22.9. The minimum atomic E-state index is -0.555. The highest BCUT2D eigenvalue weighted by molar-refractivity contribution is 5.71. The molecule has 0 aliphatic carbocycles. The molecule has 86 valence electrons. The first-order valence-electron chi connectivity index (χ1n) is 4.72. The standard InChI is InChI=1S/C11H13NO4/c1-16-11(15)12(6-7-13)8-9-2-4-10(14)5-3-9/h2-5,7,14H,6,8H2,1H3. The van der Waals surface area contributed by atoms with Gasteiger partial charge in [0.2, 0.25) is 0 Å². The molecule has 1 aromatic carbocycles. The number of ether oxygens (including phenoxy) is 1. The summed E-state index contributed by atoms with van der Waals surface area (Å²) in [6.07, 6.45) is 0.0808. The number of hydrogen-bond acceptors (Lipinski definition) is 4. The number of carbonyl (C=O) groups excluding carboxylic acids is 2. The van der Waals surface area contributed by atoms with Crippen LogP contribution >= 0.6 is 0 Å². The maximum Gasteiger partial charge on any atom is 0.410 e. The molecule has 0 heterocycles. The Morgan fingerprint density at radius 1 is 1.44 bits per heavy atom. The molecular formula is C11H13NO4. The van der Waals surface area contributed by atoms with Crippen molar-refractivity contribution >= 4 is 12.4 Å². The Kier molecular flexibility index (Phi) is 4.32. The molecule has 0 saturated heterocycles. The van der Waals surface area contributed by atoms with E-state index in [1.807, 2.05) is 0 Å². The van der Waals surface area contributed by atoms with E-state index < -0.39 is 6.09 Å². The van der Waals surface area contributed by atoms with E-state index in [2.05, 4.69) is 4.74 Å². The molecule has 1 N–H and O–H groups in total. The average molecular weight is 223 g/mol. The number of rotatable bonds is 4. The molecule has 0 atom stereocenters. The van der Waals surface area contributed by atoms with Gasteiger partial charge in [0.25, 0.3) is 0 Å². The lowest BCUT2D eigenvalue weighted by molar-refractivity contribution is -0.108. The first-order chi connectivity index (χ1) is 7.67. The van der Waals surface area contributed by atoms with Crippen LogP contribution in [0.3, 0.4) is 0 Å². The molecule has 0 bridgehead atoms. The predicted molar refractivity (Wildman–Crippen MR) is 57.0 cm³/mol. The molecular weight excluding hydrogens is 210 g/mol. The Morgan fingerprint density at radius 3 is 2.56 bits per heavy atom. The Bertz CT molecular complexity index is 361. The van der Waals surface area contributed by atoms with Crippen molar-refractivity contribution in [2.45, 2.75) is 6.54 Å². The van der Waals surface area contributed by atoms with Crippen molar-refractivity contribution in [3.05, 3.63) is 29.8 Å². The van der Waals surface area contributed by atoms with E-state index in [9.17, 15) is 9.59 Å². The first kappa shape index (κ1) is 12.0. The second-order valence-corrected chi connectivity index (χ2v) is 3.18. The number of carbonyl (C=O) groups is 2. The van der Waals surface area contributed by atoms with Crippen molar-refractivity contribution in [3.63, 3.8) is 0 Å². The van der Waals surface area contributed by atoms with Crippen molar-refractivity contribution < 1.29 is 19.4 Å². The largest absolute Gasteiger partial charge is 0.508 e. The van der Waals surface area contributed by atoms with Crippen LogP contribution in [-0.4, -0.2) is 36.0 Å². The molecule has 1 rings (SSSR count). The molecule has 0 aliphatic heterocycles. The molecule has 5 heteroatoms. The first-order valence-corrected chi connectivity index (χ1v) is 4.72. The van der Waals surface area contributed by atoms with Gasteiger partial charge in [0.1, 0.15) is 12.0 Å². The number of methoxy groups -OCH3 is 1. The van der Waals surface area contributed by atoms with Crippen LogP contribution in [0.4, 0.5) is 4.79 Å². The number of aldehydes is 1. The zero-order valence-electron chi connectivity index (χ0n) is 8.92. The second kappa shape index (κ2) is 5.75. The minimum absolute atomic E-state index is 0.0203. The van der Waals surface area contributed by atoms with Gasteiger partial charge in [-0.3, -0.25) is 4.90 Å². The molecule has 16 heavy (non-hydrogen) atoms. The van der Waals surface area contributed by atoms with Crippen molar-refractivity contribution in [3.8, 4) is 5.75 Å². The van der Waals surface area contributed by atoms with Crippen molar-refractivity contribution in [1.82, 2.24) is 4.90 Å². The van der Waals surface area contributed by atoms with Crippen LogP contribution in [0.15, 0.2) is 24.3 Å². The van der Waals surface area contributed by atoms with Gasteiger partial charge in [-0.05, 0) is 17.7 Å². The molecule has 0 spiro atoms. The summed E-state index contributed by atoms with van der Waals surface area (Å²) >= 11 is 0. The van der Waals surface area contributed by atoms with Gasteiger partial charge in [-0.2, -0.15) is 0 Å². The predicted octanol–water partition coefficient (Wildman–Crippen LogP) is 1.16. The molecule has 0 radical (unpaired) electrons. The number of aromatic hydroxyl groups is 1. The number of phenolic OH excluding ortho intramolecular Hbond substituents is 1. The monoisotopic (exact) mass is 223 g/mol. The van der Waals surface area contributed by atoms with Gasteiger partial charge < -0.3 is 14.6 Å². The maximum absolute atomic E-state index is 11.3. The maximum atomic E-state index is 11.3. The molecule has 1 aromatic rings. The number of nitrogens with zero attached hydrogens (tertiary/aromatic N) is 1. The average Bonchev–Trinajstić information content (AvgIpc) is 2.30. The molecule has 0 fully saturated rings. The molecule has 0 aliphatic rings. The number of amides is 1. The highest BCUT2D eigenvalue weighted by Crippen LogP contribution is 2.11. The van der Waals surface area contributed by atoms with Crippen molar-refractivity contribution in [2.75, 3.05) is 13.7 Å². The Hall–Kier alpha value is -2.04. The van der Waals surface area contributed by atoms with Crippen LogP contribution in [0.2, 0.25) is 0 Å². The van der Waals surface area contributed by atoms with Crippen LogP contribution in [0.1, 0.15) is 5.56 Å². The van der Waals surface area contributed by atoms with Crippen LogP contribution in [0.25, 0.3) is 0 Å². The van der Waals surface area contributed by atoms with E-state index in [0.717, 1.165) is 5.56 Å². The lowest BCUT2D eigenvalue weighted by Crippen LogP contribution is -2.31. The van der Waals surface area contributed by atoms with E-state index in [4.69, 9.17) is 5.11 Å². The summed E-state index contributed by atoms with van der Waals surface area (Å²) < 4.78 is 4.54. The third kappa shape index (κ3) is 3.27. The van der Waals surface area contributed by atoms with Gasteiger partial charge in [-0.15, -0.1) is 0 Å². The zero-order chi connectivity index (χ0) is 12.0. The highest BCUT2D eigenvalue weighted by atomic mass is 16.5. The summed E-state index contributed by atoms with van der Waals surface area (Å²) in [6.45, 7) is 0.249. The SMILES string of the molecule is COC(=O)N(CC=O)Cc1ccc(O)cc1. The van der Waals surface area contributed by atoms with Crippen molar-refractivity contribution in [2.24, 2.45) is 0 Å². The van der Waals surface area contributed by atoms with Crippen LogP contribution in [-0.2, 0) is 16.1 Å². The smallest absolute Gasteiger partial charge is 0.410 e. The number of phenols is 1.